The summed E-state index contributed by atoms with van der Waals surface area (Å²) in [5.74, 6) is 1.88. The number of para-hydroxylation sites is 1. The minimum atomic E-state index is 0.623. The Morgan fingerprint density at radius 1 is 0.263 bits per heavy atom. The normalized spacial score (nSPS) is 11.5. The van der Waals surface area contributed by atoms with Crippen molar-refractivity contribution < 1.29 is 4.42 Å². The number of hydrogen-bond acceptors (Lipinski definition) is 4. The first-order valence-corrected chi connectivity index (χ1v) is 19.2. The molecule has 0 amide bonds. The number of benzene rings is 9. The van der Waals surface area contributed by atoms with Gasteiger partial charge in [-0.3, -0.25) is 0 Å². The molecule has 0 saturated heterocycles. The van der Waals surface area contributed by atoms with E-state index in [0.717, 1.165) is 60.9 Å². The van der Waals surface area contributed by atoms with Crippen molar-refractivity contribution in [2.24, 2.45) is 0 Å². The summed E-state index contributed by atoms with van der Waals surface area (Å²) < 4.78 is 6.30. The average molecular weight is 728 g/mol. The third-order valence-electron chi connectivity index (χ3n) is 10.9. The molecule has 266 valence electrons. The van der Waals surface area contributed by atoms with Gasteiger partial charge in [-0.05, 0) is 79.9 Å². The van der Waals surface area contributed by atoms with Crippen molar-refractivity contribution in [1.82, 2.24) is 15.0 Å². The van der Waals surface area contributed by atoms with Crippen LogP contribution in [0.1, 0.15) is 0 Å². The zero-order valence-corrected chi connectivity index (χ0v) is 30.8. The summed E-state index contributed by atoms with van der Waals surface area (Å²) in [6.07, 6.45) is 0. The van der Waals surface area contributed by atoms with Crippen molar-refractivity contribution in [1.29, 1.82) is 0 Å². The maximum absolute atomic E-state index is 6.30. The summed E-state index contributed by atoms with van der Waals surface area (Å²) in [6.45, 7) is 0. The highest BCUT2D eigenvalue weighted by molar-refractivity contribution is 6.26. The van der Waals surface area contributed by atoms with Crippen molar-refractivity contribution in [3.05, 3.63) is 200 Å². The Morgan fingerprint density at radius 3 is 1.46 bits per heavy atom. The highest BCUT2D eigenvalue weighted by Gasteiger charge is 2.16. The molecule has 11 rings (SSSR count). The second kappa shape index (κ2) is 13.6. The molecular weight excluding hydrogens is 695 g/mol. The second-order valence-electron chi connectivity index (χ2n) is 14.4. The predicted molar refractivity (Wildman–Crippen MR) is 235 cm³/mol. The Morgan fingerprint density at radius 2 is 0.719 bits per heavy atom. The van der Waals surface area contributed by atoms with Crippen molar-refractivity contribution in [2.75, 3.05) is 0 Å². The molecule has 11 aromatic rings. The van der Waals surface area contributed by atoms with Gasteiger partial charge in [0.25, 0.3) is 0 Å². The molecule has 0 aliphatic rings. The first-order chi connectivity index (χ1) is 28.2. The van der Waals surface area contributed by atoms with Gasteiger partial charge in [-0.1, -0.05) is 170 Å². The van der Waals surface area contributed by atoms with E-state index in [1.807, 2.05) is 48.5 Å². The summed E-state index contributed by atoms with van der Waals surface area (Å²) in [7, 11) is 0. The maximum atomic E-state index is 6.30. The molecule has 2 aromatic heterocycles. The lowest BCUT2D eigenvalue weighted by molar-refractivity contribution is 0.669. The number of furan rings is 1. The second-order valence-corrected chi connectivity index (χ2v) is 14.4. The minimum absolute atomic E-state index is 0.623. The van der Waals surface area contributed by atoms with Crippen LogP contribution in [-0.4, -0.2) is 15.0 Å². The Balaban J connectivity index is 1.00. The van der Waals surface area contributed by atoms with Gasteiger partial charge in [0, 0.05) is 32.8 Å². The van der Waals surface area contributed by atoms with E-state index in [4.69, 9.17) is 19.4 Å². The van der Waals surface area contributed by atoms with Crippen LogP contribution in [0.5, 0.6) is 0 Å². The number of nitrogens with zero attached hydrogens (tertiary/aromatic N) is 3. The van der Waals surface area contributed by atoms with E-state index in [9.17, 15) is 0 Å². The number of rotatable bonds is 6. The molecule has 57 heavy (non-hydrogen) atoms. The number of hydrogen-bond donors (Lipinski definition) is 0. The zero-order valence-electron chi connectivity index (χ0n) is 30.8. The van der Waals surface area contributed by atoms with E-state index in [2.05, 4.69) is 152 Å². The molecule has 4 nitrogen and oxygen atoms in total. The highest BCUT2D eigenvalue weighted by Crippen LogP contribution is 2.40. The number of fused-ring (bicyclic) bond motifs is 7. The van der Waals surface area contributed by atoms with Crippen molar-refractivity contribution in [3.63, 3.8) is 0 Å². The van der Waals surface area contributed by atoms with Gasteiger partial charge in [-0.15, -0.1) is 0 Å². The maximum Gasteiger partial charge on any atom is 0.164 e. The van der Waals surface area contributed by atoms with Crippen LogP contribution in [-0.2, 0) is 0 Å². The first-order valence-electron chi connectivity index (χ1n) is 19.2. The quantitative estimate of drug-likeness (QED) is 0.160. The fraction of sp³-hybridized carbons (Fsp3) is 0. The van der Waals surface area contributed by atoms with Gasteiger partial charge < -0.3 is 4.42 Å². The zero-order chi connectivity index (χ0) is 37.7. The van der Waals surface area contributed by atoms with Gasteiger partial charge in [0.1, 0.15) is 11.2 Å². The fourth-order valence-corrected chi connectivity index (χ4v) is 8.05. The van der Waals surface area contributed by atoms with E-state index >= 15 is 0 Å². The Bertz CT molecular complexity index is 3280. The monoisotopic (exact) mass is 727 g/mol. The van der Waals surface area contributed by atoms with E-state index in [0.29, 0.717) is 17.5 Å². The standard InChI is InChI=1S/C53H33N3O/c1-3-11-34(12-4-1)40-15-9-16-41(31-40)35-21-26-39(27-22-35)52-54-51(38-13-5-2-6-14-38)55-53(56-52)44-18-10-17-42(32-44)43-28-24-36-23-25-37-29-30-48-50(49(37)46(36)33-43)45-19-7-8-20-47(45)57-48/h1-33H. The van der Waals surface area contributed by atoms with Crippen LogP contribution in [0.2, 0.25) is 0 Å². The molecule has 2 heterocycles. The molecule has 0 radical (unpaired) electrons. The Kier molecular flexibility index (Phi) is 7.78. The van der Waals surface area contributed by atoms with E-state index in [1.165, 1.54) is 32.7 Å². The molecule has 0 bridgehead atoms. The fourth-order valence-electron chi connectivity index (χ4n) is 8.05. The lowest BCUT2D eigenvalue weighted by atomic mass is 9.94. The smallest absolute Gasteiger partial charge is 0.164 e. The topological polar surface area (TPSA) is 51.8 Å². The van der Waals surface area contributed by atoms with Crippen molar-refractivity contribution in [3.8, 4) is 67.5 Å². The van der Waals surface area contributed by atoms with Crippen LogP contribution in [0.25, 0.3) is 111 Å². The average Bonchev–Trinajstić information content (AvgIpc) is 3.68. The van der Waals surface area contributed by atoms with E-state index in [-0.39, 0.29) is 0 Å². The molecule has 0 spiro atoms. The molecule has 0 atom stereocenters. The third kappa shape index (κ3) is 5.92. The molecule has 0 aliphatic heterocycles. The minimum Gasteiger partial charge on any atom is -0.456 e. The van der Waals surface area contributed by atoms with Crippen LogP contribution >= 0.6 is 0 Å². The SMILES string of the molecule is c1ccc(-c2cccc(-c3ccc(-c4nc(-c5ccccc5)nc(-c5cccc(-c6ccc7ccc8ccc9oc%10ccccc%10c9c8c7c6)c5)n4)cc3)c2)cc1. The molecule has 0 N–H and O–H groups in total. The van der Waals surface area contributed by atoms with Crippen LogP contribution in [0.4, 0.5) is 0 Å². The lowest BCUT2D eigenvalue weighted by Crippen LogP contribution is -2.00. The van der Waals surface area contributed by atoms with Crippen molar-refractivity contribution >= 4 is 43.5 Å². The van der Waals surface area contributed by atoms with Crippen LogP contribution in [0.3, 0.4) is 0 Å². The molecule has 0 fully saturated rings. The third-order valence-corrected chi connectivity index (χ3v) is 10.9. The van der Waals surface area contributed by atoms with Crippen LogP contribution < -0.4 is 0 Å². The largest absolute Gasteiger partial charge is 0.456 e. The first kappa shape index (κ1) is 32.7. The van der Waals surface area contributed by atoms with Crippen LogP contribution in [0.15, 0.2) is 205 Å². The molecule has 0 unspecified atom stereocenters. The van der Waals surface area contributed by atoms with Gasteiger partial charge in [-0.25, -0.2) is 15.0 Å². The molecular formula is C53H33N3O. The molecule has 0 aliphatic carbocycles. The van der Waals surface area contributed by atoms with Gasteiger partial charge in [-0.2, -0.15) is 0 Å². The molecule has 9 aromatic carbocycles. The predicted octanol–water partition coefficient (Wildman–Crippen LogP) is 14.1. The van der Waals surface area contributed by atoms with Gasteiger partial charge >= 0.3 is 0 Å². The highest BCUT2D eigenvalue weighted by atomic mass is 16.3. The Labute approximate surface area is 329 Å². The summed E-state index contributed by atoms with van der Waals surface area (Å²) in [5.41, 5.74) is 11.5. The lowest BCUT2D eigenvalue weighted by Gasteiger charge is -2.11. The van der Waals surface area contributed by atoms with Gasteiger partial charge in [0.2, 0.25) is 0 Å². The van der Waals surface area contributed by atoms with Gasteiger partial charge in [0.15, 0.2) is 17.5 Å². The summed E-state index contributed by atoms with van der Waals surface area (Å²) >= 11 is 0. The van der Waals surface area contributed by atoms with Crippen LogP contribution in [0, 0.1) is 0 Å². The van der Waals surface area contributed by atoms with E-state index < -0.39 is 0 Å². The molecule has 4 heteroatoms. The Hall–Kier alpha value is -7.69. The summed E-state index contributed by atoms with van der Waals surface area (Å²) in [4.78, 5) is 15.2. The van der Waals surface area contributed by atoms with Gasteiger partial charge in [0.05, 0.1) is 0 Å². The number of aromatic nitrogens is 3. The summed E-state index contributed by atoms with van der Waals surface area (Å²) in [5, 5.41) is 7.05. The van der Waals surface area contributed by atoms with Crippen molar-refractivity contribution in [2.45, 2.75) is 0 Å². The van der Waals surface area contributed by atoms with E-state index in [1.54, 1.807) is 0 Å². The molecule has 0 saturated carbocycles. The summed E-state index contributed by atoms with van der Waals surface area (Å²) in [6, 6.07) is 70.0.